The van der Waals surface area contributed by atoms with Gasteiger partial charge in [0.1, 0.15) is 10.7 Å². The molecule has 0 aliphatic carbocycles. The number of H-pyrrole nitrogens is 1. The molecule has 0 radical (unpaired) electrons. The molecule has 0 saturated heterocycles. The Bertz CT molecular complexity index is 1180. The maximum absolute atomic E-state index is 4.89. The van der Waals surface area contributed by atoms with E-state index in [0.717, 1.165) is 38.4 Å². The number of benzene rings is 1. The Hall–Kier alpha value is -2.92. The van der Waals surface area contributed by atoms with Crippen LogP contribution >= 0.6 is 11.3 Å². The molecule has 0 aliphatic rings. The third-order valence-electron chi connectivity index (χ3n) is 4.33. The average Bonchev–Trinajstić information content (AvgIpc) is 3.32. The van der Waals surface area contributed by atoms with Gasteiger partial charge < -0.3 is 9.55 Å². The lowest BCUT2D eigenvalue weighted by Crippen LogP contribution is -1.85. The number of nitrogens with zero attached hydrogens (tertiary/aromatic N) is 3. The summed E-state index contributed by atoms with van der Waals surface area (Å²) in [6, 6.07) is 12.4. The summed E-state index contributed by atoms with van der Waals surface area (Å²) in [6.07, 6.45) is 5.97. The molecule has 24 heavy (non-hydrogen) atoms. The van der Waals surface area contributed by atoms with Gasteiger partial charge in [-0.3, -0.25) is 0 Å². The van der Waals surface area contributed by atoms with Crippen LogP contribution in [0.5, 0.6) is 0 Å². The molecular formula is C19H14N4S. The van der Waals surface area contributed by atoms with Crippen LogP contribution in [-0.2, 0) is 7.05 Å². The molecule has 0 aliphatic heterocycles. The van der Waals surface area contributed by atoms with Crippen molar-refractivity contribution in [2.24, 2.45) is 7.05 Å². The van der Waals surface area contributed by atoms with Crippen molar-refractivity contribution < 1.29 is 0 Å². The summed E-state index contributed by atoms with van der Waals surface area (Å²) in [5.41, 5.74) is 5.41. The molecule has 5 heteroatoms. The molecule has 0 bridgehead atoms. The van der Waals surface area contributed by atoms with Gasteiger partial charge in [0.2, 0.25) is 0 Å². The van der Waals surface area contributed by atoms with Crippen molar-refractivity contribution in [3.8, 4) is 21.8 Å². The molecule has 0 unspecified atom stereocenters. The molecule has 0 amide bonds. The lowest BCUT2D eigenvalue weighted by molar-refractivity contribution is 0.949. The topological polar surface area (TPSA) is 46.5 Å². The molecule has 4 aromatic heterocycles. The maximum atomic E-state index is 4.89. The van der Waals surface area contributed by atoms with E-state index in [2.05, 4.69) is 50.4 Å². The Morgan fingerprint density at radius 1 is 1.04 bits per heavy atom. The molecule has 0 fully saturated rings. The van der Waals surface area contributed by atoms with Crippen LogP contribution < -0.4 is 0 Å². The number of hydrogen-bond acceptors (Lipinski definition) is 3. The fourth-order valence-corrected chi connectivity index (χ4v) is 4.03. The fraction of sp³-hybridized carbons (Fsp3) is 0.0526. The Labute approximate surface area is 142 Å². The molecule has 1 N–H and O–H groups in total. The third kappa shape index (κ3) is 1.91. The van der Waals surface area contributed by atoms with E-state index in [4.69, 9.17) is 4.98 Å². The first-order valence-electron chi connectivity index (χ1n) is 7.74. The highest BCUT2D eigenvalue weighted by Crippen LogP contribution is 2.35. The summed E-state index contributed by atoms with van der Waals surface area (Å²) in [4.78, 5) is 12.7. The standard InChI is InChI=1S/C19H14N4S/c1-23-10-15(13-6-4-8-20-18(13)23)19-22-17(11-24-19)14-9-21-16-7-3-2-5-12(14)16/h2-11,21H,1H3. The summed E-state index contributed by atoms with van der Waals surface area (Å²) >= 11 is 1.67. The number of nitrogens with one attached hydrogen (secondary N) is 1. The molecule has 5 rings (SSSR count). The number of hydrogen-bond donors (Lipinski definition) is 1. The molecule has 0 spiro atoms. The molecule has 0 saturated carbocycles. The largest absolute Gasteiger partial charge is 0.360 e. The highest BCUT2D eigenvalue weighted by atomic mass is 32.1. The predicted octanol–water partition coefficient (Wildman–Crippen LogP) is 4.85. The second kappa shape index (κ2) is 5.04. The van der Waals surface area contributed by atoms with Crippen molar-refractivity contribution in [3.05, 3.63) is 60.4 Å². The number of pyridine rings is 1. The Balaban J connectivity index is 1.67. The predicted molar refractivity (Wildman–Crippen MR) is 99.1 cm³/mol. The van der Waals surface area contributed by atoms with Gasteiger partial charge in [-0.15, -0.1) is 11.3 Å². The quantitative estimate of drug-likeness (QED) is 0.503. The number of aryl methyl sites for hydroxylation is 1. The number of para-hydroxylation sites is 1. The fourth-order valence-electron chi connectivity index (χ4n) is 3.19. The lowest BCUT2D eigenvalue weighted by Gasteiger charge is -1.95. The maximum Gasteiger partial charge on any atom is 0.140 e. The smallest absolute Gasteiger partial charge is 0.140 e. The minimum Gasteiger partial charge on any atom is -0.360 e. The highest BCUT2D eigenvalue weighted by molar-refractivity contribution is 7.13. The van der Waals surface area contributed by atoms with Gasteiger partial charge in [0.05, 0.1) is 5.69 Å². The van der Waals surface area contributed by atoms with E-state index in [1.54, 1.807) is 11.3 Å². The lowest BCUT2D eigenvalue weighted by atomic mass is 10.1. The number of aromatic nitrogens is 4. The normalized spacial score (nSPS) is 11.5. The summed E-state index contributed by atoms with van der Waals surface area (Å²) in [7, 11) is 2.02. The SMILES string of the molecule is Cn1cc(-c2nc(-c3c[nH]c4ccccc34)cs2)c2cccnc21. The Morgan fingerprint density at radius 3 is 2.88 bits per heavy atom. The summed E-state index contributed by atoms with van der Waals surface area (Å²) in [6.45, 7) is 0. The average molecular weight is 330 g/mol. The number of thiazole rings is 1. The van der Waals surface area contributed by atoms with Crippen molar-refractivity contribution in [1.29, 1.82) is 0 Å². The second-order valence-electron chi connectivity index (χ2n) is 5.81. The van der Waals surface area contributed by atoms with Crippen molar-refractivity contribution in [1.82, 2.24) is 19.5 Å². The van der Waals surface area contributed by atoms with E-state index in [9.17, 15) is 0 Å². The van der Waals surface area contributed by atoms with Gasteiger partial charge in [-0.25, -0.2) is 9.97 Å². The number of fused-ring (bicyclic) bond motifs is 2. The molecule has 4 nitrogen and oxygen atoms in total. The molecular weight excluding hydrogens is 316 g/mol. The van der Waals surface area contributed by atoms with Crippen molar-refractivity contribution in [2.45, 2.75) is 0 Å². The zero-order chi connectivity index (χ0) is 16.1. The minimum absolute atomic E-state index is 0.983. The van der Waals surface area contributed by atoms with Gasteiger partial charge in [0.15, 0.2) is 0 Å². The van der Waals surface area contributed by atoms with Crippen molar-refractivity contribution >= 4 is 33.3 Å². The van der Waals surface area contributed by atoms with Gasteiger partial charge in [-0.05, 0) is 18.2 Å². The van der Waals surface area contributed by atoms with Crippen LogP contribution in [0, 0.1) is 0 Å². The van der Waals surface area contributed by atoms with Crippen LogP contribution in [-0.4, -0.2) is 19.5 Å². The van der Waals surface area contributed by atoms with E-state index in [0.29, 0.717) is 0 Å². The van der Waals surface area contributed by atoms with Gasteiger partial charge in [-0.2, -0.15) is 0 Å². The van der Waals surface area contributed by atoms with Crippen LogP contribution in [0.2, 0.25) is 0 Å². The van der Waals surface area contributed by atoms with E-state index >= 15 is 0 Å². The summed E-state index contributed by atoms with van der Waals surface area (Å²) < 4.78 is 2.05. The first kappa shape index (κ1) is 13.5. The Kier molecular flexibility index (Phi) is 2.84. The van der Waals surface area contributed by atoms with Gasteiger partial charge in [0, 0.05) is 58.4 Å². The van der Waals surface area contributed by atoms with Crippen LogP contribution in [0.4, 0.5) is 0 Å². The first-order valence-corrected chi connectivity index (χ1v) is 8.61. The van der Waals surface area contributed by atoms with Crippen molar-refractivity contribution in [3.63, 3.8) is 0 Å². The van der Waals surface area contributed by atoms with Crippen molar-refractivity contribution in [2.75, 3.05) is 0 Å². The van der Waals surface area contributed by atoms with Gasteiger partial charge in [-0.1, -0.05) is 18.2 Å². The third-order valence-corrected chi connectivity index (χ3v) is 5.21. The van der Waals surface area contributed by atoms with Crippen LogP contribution in [0.1, 0.15) is 0 Å². The Morgan fingerprint density at radius 2 is 1.92 bits per heavy atom. The molecule has 0 atom stereocenters. The van der Waals surface area contributed by atoms with E-state index < -0.39 is 0 Å². The van der Waals surface area contributed by atoms with E-state index in [1.807, 2.05) is 31.6 Å². The zero-order valence-electron chi connectivity index (χ0n) is 13.0. The van der Waals surface area contributed by atoms with Gasteiger partial charge >= 0.3 is 0 Å². The zero-order valence-corrected chi connectivity index (χ0v) is 13.8. The summed E-state index contributed by atoms with van der Waals surface area (Å²) in [5, 5.41) is 5.49. The van der Waals surface area contributed by atoms with Crippen LogP contribution in [0.3, 0.4) is 0 Å². The molecule has 5 aromatic rings. The van der Waals surface area contributed by atoms with Crippen LogP contribution in [0.25, 0.3) is 43.8 Å². The van der Waals surface area contributed by atoms with E-state index in [1.165, 1.54) is 5.39 Å². The molecule has 1 aromatic carbocycles. The minimum atomic E-state index is 0.983. The highest BCUT2D eigenvalue weighted by Gasteiger charge is 2.14. The first-order chi connectivity index (χ1) is 11.8. The second-order valence-corrected chi connectivity index (χ2v) is 6.67. The van der Waals surface area contributed by atoms with Gasteiger partial charge in [0.25, 0.3) is 0 Å². The molecule has 4 heterocycles. The number of aromatic amines is 1. The van der Waals surface area contributed by atoms with Crippen LogP contribution in [0.15, 0.2) is 60.4 Å². The summed E-state index contributed by atoms with van der Waals surface area (Å²) in [5.74, 6) is 0. The number of rotatable bonds is 2. The monoisotopic (exact) mass is 330 g/mol. The van der Waals surface area contributed by atoms with E-state index in [-0.39, 0.29) is 0 Å². The molecule has 116 valence electrons.